The molecule has 0 aromatic carbocycles. The number of hydrogen-bond donors (Lipinski definition) is 1. The van der Waals surface area contributed by atoms with Crippen LogP contribution in [0.5, 0.6) is 0 Å². The number of rotatable bonds is 8. The van der Waals surface area contributed by atoms with Gasteiger partial charge in [-0.3, -0.25) is 0 Å². The minimum absolute atomic E-state index is 0.543. The molecule has 2 heteroatoms. The van der Waals surface area contributed by atoms with Gasteiger partial charge in [-0.1, -0.05) is 20.8 Å². The highest BCUT2D eigenvalue weighted by Crippen LogP contribution is 2.19. The first-order valence-corrected chi connectivity index (χ1v) is 7.57. The van der Waals surface area contributed by atoms with E-state index in [0.29, 0.717) is 12.1 Å². The Balaban J connectivity index is 2.21. The summed E-state index contributed by atoms with van der Waals surface area (Å²) in [7, 11) is 0. The molecular formula is C15H31NO. The Morgan fingerprint density at radius 3 is 2.71 bits per heavy atom. The monoisotopic (exact) mass is 241 g/mol. The van der Waals surface area contributed by atoms with E-state index < -0.39 is 0 Å². The van der Waals surface area contributed by atoms with Crippen molar-refractivity contribution < 1.29 is 4.74 Å². The standard InChI is InChI=1S/C15H31NO/c1-4-10-16-14(12-13(2)3)8-9-15-7-5-6-11-17-15/h13-16H,4-12H2,1-3H3. The largest absolute Gasteiger partial charge is 0.378 e. The SMILES string of the molecule is CCCNC(CCC1CCCCO1)CC(C)C. The van der Waals surface area contributed by atoms with Gasteiger partial charge in [0.1, 0.15) is 0 Å². The molecule has 2 nitrogen and oxygen atoms in total. The molecule has 0 radical (unpaired) electrons. The van der Waals surface area contributed by atoms with Crippen molar-refractivity contribution in [3.63, 3.8) is 0 Å². The molecule has 0 aromatic rings. The van der Waals surface area contributed by atoms with E-state index in [1.54, 1.807) is 0 Å². The van der Waals surface area contributed by atoms with E-state index in [-0.39, 0.29) is 0 Å². The lowest BCUT2D eigenvalue weighted by molar-refractivity contribution is 0.00824. The van der Waals surface area contributed by atoms with Crippen LogP contribution in [0.3, 0.4) is 0 Å². The van der Waals surface area contributed by atoms with Crippen molar-refractivity contribution in [2.24, 2.45) is 5.92 Å². The van der Waals surface area contributed by atoms with Crippen LogP contribution in [-0.2, 0) is 4.74 Å². The van der Waals surface area contributed by atoms with Gasteiger partial charge >= 0.3 is 0 Å². The Morgan fingerprint density at radius 1 is 1.29 bits per heavy atom. The van der Waals surface area contributed by atoms with Gasteiger partial charge in [0.2, 0.25) is 0 Å². The van der Waals surface area contributed by atoms with Crippen molar-refractivity contribution in [1.29, 1.82) is 0 Å². The summed E-state index contributed by atoms with van der Waals surface area (Å²) in [5.74, 6) is 0.789. The highest BCUT2D eigenvalue weighted by molar-refractivity contribution is 4.72. The molecule has 2 atom stereocenters. The Morgan fingerprint density at radius 2 is 2.12 bits per heavy atom. The second-order valence-electron chi connectivity index (χ2n) is 5.85. The fourth-order valence-corrected chi connectivity index (χ4v) is 2.64. The third-order valence-corrected chi connectivity index (χ3v) is 3.55. The van der Waals surface area contributed by atoms with Crippen LogP contribution in [-0.4, -0.2) is 25.3 Å². The van der Waals surface area contributed by atoms with Gasteiger partial charge in [-0.05, 0) is 57.4 Å². The van der Waals surface area contributed by atoms with Crippen molar-refractivity contribution in [1.82, 2.24) is 5.32 Å². The molecule has 0 aromatic heterocycles. The highest BCUT2D eigenvalue weighted by Gasteiger charge is 2.17. The number of ether oxygens (including phenoxy) is 1. The van der Waals surface area contributed by atoms with Crippen molar-refractivity contribution in [2.75, 3.05) is 13.2 Å². The van der Waals surface area contributed by atoms with Crippen LogP contribution in [0.15, 0.2) is 0 Å². The summed E-state index contributed by atoms with van der Waals surface area (Å²) in [6.45, 7) is 9.02. The van der Waals surface area contributed by atoms with Crippen LogP contribution in [0, 0.1) is 5.92 Å². The van der Waals surface area contributed by atoms with Gasteiger partial charge in [-0.25, -0.2) is 0 Å². The maximum Gasteiger partial charge on any atom is 0.0575 e. The van der Waals surface area contributed by atoms with Crippen molar-refractivity contribution in [3.05, 3.63) is 0 Å². The molecule has 1 aliphatic heterocycles. The van der Waals surface area contributed by atoms with E-state index in [4.69, 9.17) is 4.74 Å². The lowest BCUT2D eigenvalue weighted by atomic mass is 9.96. The fourth-order valence-electron chi connectivity index (χ4n) is 2.64. The van der Waals surface area contributed by atoms with Crippen molar-refractivity contribution >= 4 is 0 Å². The molecule has 2 unspecified atom stereocenters. The third kappa shape index (κ3) is 7.05. The maximum absolute atomic E-state index is 5.81. The van der Waals surface area contributed by atoms with Crippen molar-refractivity contribution in [3.8, 4) is 0 Å². The summed E-state index contributed by atoms with van der Waals surface area (Å²) in [6, 6.07) is 0.695. The van der Waals surface area contributed by atoms with Crippen LogP contribution in [0.2, 0.25) is 0 Å². The average molecular weight is 241 g/mol. The van der Waals surface area contributed by atoms with Gasteiger partial charge < -0.3 is 10.1 Å². The van der Waals surface area contributed by atoms with Gasteiger partial charge in [0.15, 0.2) is 0 Å². The quantitative estimate of drug-likeness (QED) is 0.699. The average Bonchev–Trinajstić information content (AvgIpc) is 2.33. The Kier molecular flexibility index (Phi) is 7.87. The Hall–Kier alpha value is -0.0800. The Labute approximate surface area is 108 Å². The van der Waals surface area contributed by atoms with E-state index in [9.17, 15) is 0 Å². The molecule has 0 spiro atoms. The van der Waals surface area contributed by atoms with Gasteiger partial charge in [-0.15, -0.1) is 0 Å². The number of hydrogen-bond acceptors (Lipinski definition) is 2. The third-order valence-electron chi connectivity index (χ3n) is 3.55. The summed E-state index contributed by atoms with van der Waals surface area (Å²) < 4.78 is 5.81. The first-order chi connectivity index (χ1) is 8.22. The molecule has 1 rings (SSSR count). The summed E-state index contributed by atoms with van der Waals surface area (Å²) in [4.78, 5) is 0. The zero-order valence-corrected chi connectivity index (χ0v) is 12.0. The fraction of sp³-hybridized carbons (Fsp3) is 1.00. The zero-order chi connectivity index (χ0) is 12.5. The molecule has 17 heavy (non-hydrogen) atoms. The van der Waals surface area contributed by atoms with Gasteiger partial charge in [0, 0.05) is 12.6 Å². The van der Waals surface area contributed by atoms with E-state index >= 15 is 0 Å². The molecule has 1 aliphatic rings. The lowest BCUT2D eigenvalue weighted by Gasteiger charge is -2.26. The molecular weight excluding hydrogens is 210 g/mol. The molecule has 0 aliphatic carbocycles. The van der Waals surface area contributed by atoms with Gasteiger partial charge in [0.25, 0.3) is 0 Å². The Bertz CT molecular complexity index is 176. The zero-order valence-electron chi connectivity index (χ0n) is 12.0. The van der Waals surface area contributed by atoms with E-state index in [0.717, 1.165) is 19.1 Å². The smallest absolute Gasteiger partial charge is 0.0575 e. The van der Waals surface area contributed by atoms with Crippen LogP contribution >= 0.6 is 0 Å². The predicted octanol–water partition coefficient (Wildman–Crippen LogP) is 3.75. The lowest BCUT2D eigenvalue weighted by Crippen LogP contribution is -2.32. The van der Waals surface area contributed by atoms with Crippen LogP contribution < -0.4 is 5.32 Å². The molecule has 0 amide bonds. The van der Waals surface area contributed by atoms with Gasteiger partial charge in [0.05, 0.1) is 6.10 Å². The molecule has 102 valence electrons. The number of nitrogens with one attached hydrogen (secondary N) is 1. The molecule has 0 bridgehead atoms. The second-order valence-corrected chi connectivity index (χ2v) is 5.85. The highest BCUT2D eigenvalue weighted by atomic mass is 16.5. The molecule has 1 saturated heterocycles. The molecule has 0 saturated carbocycles. The second kappa shape index (κ2) is 8.93. The first-order valence-electron chi connectivity index (χ1n) is 7.57. The van der Waals surface area contributed by atoms with Crippen LogP contribution in [0.25, 0.3) is 0 Å². The van der Waals surface area contributed by atoms with Crippen LogP contribution in [0.4, 0.5) is 0 Å². The summed E-state index contributed by atoms with van der Waals surface area (Å²) in [6.07, 6.45) is 9.50. The van der Waals surface area contributed by atoms with E-state index in [1.807, 2.05) is 0 Å². The van der Waals surface area contributed by atoms with E-state index in [1.165, 1.54) is 44.9 Å². The summed E-state index contributed by atoms with van der Waals surface area (Å²) in [5.41, 5.74) is 0. The maximum atomic E-state index is 5.81. The van der Waals surface area contributed by atoms with Crippen LogP contribution in [0.1, 0.15) is 65.7 Å². The predicted molar refractivity (Wildman–Crippen MR) is 74.4 cm³/mol. The summed E-state index contributed by atoms with van der Waals surface area (Å²) >= 11 is 0. The minimum Gasteiger partial charge on any atom is -0.378 e. The van der Waals surface area contributed by atoms with Crippen molar-refractivity contribution in [2.45, 2.75) is 77.9 Å². The topological polar surface area (TPSA) is 21.3 Å². The molecule has 1 fully saturated rings. The molecule has 1 N–H and O–H groups in total. The summed E-state index contributed by atoms with van der Waals surface area (Å²) in [5, 5.41) is 3.68. The van der Waals surface area contributed by atoms with Gasteiger partial charge in [-0.2, -0.15) is 0 Å². The molecule has 1 heterocycles. The minimum atomic E-state index is 0.543. The normalized spacial score (nSPS) is 22.9. The first kappa shape index (κ1) is 15.0. The van der Waals surface area contributed by atoms with E-state index in [2.05, 4.69) is 26.1 Å².